The van der Waals surface area contributed by atoms with E-state index in [4.69, 9.17) is 9.47 Å². The molecule has 9 nitrogen and oxygen atoms in total. The maximum Gasteiger partial charge on any atom is 0.265 e. The molecule has 2 aromatic carbocycles. The minimum absolute atomic E-state index is 0.00602. The van der Waals surface area contributed by atoms with Crippen LogP contribution in [-0.4, -0.2) is 63.7 Å². The number of nitrogens with one attached hydrogen (secondary N) is 2. The minimum atomic E-state index is -0.302. The second kappa shape index (κ2) is 12.0. The molecule has 3 amide bonds. The Morgan fingerprint density at radius 2 is 1.92 bits per heavy atom. The fraction of sp³-hybridized carbons (Fsp3) is 0.483. The van der Waals surface area contributed by atoms with Crippen molar-refractivity contribution in [3.8, 4) is 5.75 Å². The van der Waals surface area contributed by atoms with E-state index in [-0.39, 0.29) is 42.2 Å². The minimum Gasteiger partial charge on any atom is -0.482 e. The summed E-state index contributed by atoms with van der Waals surface area (Å²) in [7, 11) is 1.64. The van der Waals surface area contributed by atoms with E-state index in [1.54, 1.807) is 12.0 Å². The molecule has 5 rings (SSSR count). The van der Waals surface area contributed by atoms with Crippen molar-refractivity contribution in [1.82, 2.24) is 10.6 Å². The first-order valence-electron chi connectivity index (χ1n) is 13.5. The lowest BCUT2D eigenvalue weighted by Gasteiger charge is -2.34. The standard InChI is InChI=1S/C29H36N4O5/c1-37-13-5-12-32-25-15-24(10-11-26(25)38-19-27(32)34)33(23-8-9-23)29(36)22-14-21(17-30-18-22)28(35)31-16-20-6-3-2-4-7-20/h2-4,6-7,10-11,15,21-23,30H,5,8-9,12-14,16-19H2,1H3,(H,31,35)/t21-,22?/m0/s1. The van der Waals surface area contributed by atoms with E-state index in [0.717, 1.165) is 24.1 Å². The molecule has 3 aliphatic rings. The van der Waals surface area contributed by atoms with Crippen molar-refractivity contribution >= 4 is 29.1 Å². The van der Waals surface area contributed by atoms with Crippen LogP contribution in [0.5, 0.6) is 5.75 Å². The molecule has 2 fully saturated rings. The molecular weight excluding hydrogens is 484 g/mol. The predicted octanol–water partition coefficient (Wildman–Crippen LogP) is 2.49. The van der Waals surface area contributed by atoms with Gasteiger partial charge in [-0.15, -0.1) is 0 Å². The van der Waals surface area contributed by atoms with Gasteiger partial charge in [0.2, 0.25) is 11.8 Å². The third-order valence-corrected chi connectivity index (χ3v) is 7.42. The van der Waals surface area contributed by atoms with Gasteiger partial charge in [0.05, 0.1) is 17.5 Å². The van der Waals surface area contributed by atoms with Crippen LogP contribution in [0.3, 0.4) is 0 Å². The van der Waals surface area contributed by atoms with E-state index in [1.807, 2.05) is 53.4 Å². The number of piperidine rings is 1. The van der Waals surface area contributed by atoms with E-state index < -0.39 is 0 Å². The second-order valence-electron chi connectivity index (χ2n) is 10.3. The monoisotopic (exact) mass is 520 g/mol. The molecule has 0 aromatic heterocycles. The molecule has 38 heavy (non-hydrogen) atoms. The highest BCUT2D eigenvalue weighted by Crippen LogP contribution is 2.40. The summed E-state index contributed by atoms with van der Waals surface area (Å²) in [6.45, 7) is 2.66. The van der Waals surface area contributed by atoms with Crippen LogP contribution < -0.4 is 25.2 Å². The quantitative estimate of drug-likeness (QED) is 0.467. The Hall–Kier alpha value is -3.43. The molecule has 0 spiro atoms. The number of hydrogen-bond acceptors (Lipinski definition) is 6. The Balaban J connectivity index is 1.29. The van der Waals surface area contributed by atoms with Gasteiger partial charge in [0, 0.05) is 51.6 Å². The topological polar surface area (TPSA) is 100 Å². The fourth-order valence-corrected chi connectivity index (χ4v) is 5.26. The van der Waals surface area contributed by atoms with E-state index in [2.05, 4.69) is 10.6 Å². The van der Waals surface area contributed by atoms with Crippen LogP contribution in [0, 0.1) is 11.8 Å². The van der Waals surface area contributed by atoms with Crippen LogP contribution in [0.25, 0.3) is 0 Å². The molecule has 1 unspecified atom stereocenters. The smallest absolute Gasteiger partial charge is 0.265 e. The van der Waals surface area contributed by atoms with Crippen molar-refractivity contribution < 1.29 is 23.9 Å². The molecule has 9 heteroatoms. The molecule has 2 aromatic rings. The Bertz CT molecular complexity index is 1150. The van der Waals surface area contributed by atoms with Crippen LogP contribution in [0.15, 0.2) is 48.5 Å². The van der Waals surface area contributed by atoms with Crippen LogP contribution in [0.1, 0.15) is 31.2 Å². The SMILES string of the molecule is COCCCN1C(=O)COc2ccc(N(C(=O)C3CNC[C@@H](C(=O)NCc4ccccc4)C3)C3CC3)cc21. The van der Waals surface area contributed by atoms with Crippen molar-refractivity contribution in [2.24, 2.45) is 11.8 Å². The summed E-state index contributed by atoms with van der Waals surface area (Å²) in [5, 5.41) is 6.33. The number of rotatable bonds is 10. The van der Waals surface area contributed by atoms with Gasteiger partial charge >= 0.3 is 0 Å². The highest BCUT2D eigenvalue weighted by molar-refractivity contribution is 6.01. The maximum absolute atomic E-state index is 13.9. The number of methoxy groups -OCH3 is 1. The number of benzene rings is 2. The van der Waals surface area contributed by atoms with Gasteiger partial charge in [0.1, 0.15) is 5.75 Å². The fourth-order valence-electron chi connectivity index (χ4n) is 5.26. The van der Waals surface area contributed by atoms with Gasteiger partial charge in [-0.05, 0) is 49.4 Å². The molecule has 202 valence electrons. The summed E-state index contributed by atoms with van der Waals surface area (Å²) in [5.41, 5.74) is 2.50. The van der Waals surface area contributed by atoms with E-state index in [1.165, 1.54) is 0 Å². The zero-order valence-corrected chi connectivity index (χ0v) is 21.9. The zero-order chi connectivity index (χ0) is 26.5. The lowest BCUT2D eigenvalue weighted by atomic mass is 9.88. The number of carbonyl (C=O) groups excluding carboxylic acids is 3. The number of carbonyl (C=O) groups is 3. The third kappa shape index (κ3) is 6.00. The maximum atomic E-state index is 13.9. The van der Waals surface area contributed by atoms with E-state index in [9.17, 15) is 14.4 Å². The van der Waals surface area contributed by atoms with Crippen molar-refractivity contribution in [3.63, 3.8) is 0 Å². The first-order valence-corrected chi connectivity index (χ1v) is 13.5. The molecule has 2 atom stereocenters. The third-order valence-electron chi connectivity index (χ3n) is 7.42. The molecule has 2 heterocycles. The predicted molar refractivity (Wildman–Crippen MR) is 144 cm³/mol. The summed E-state index contributed by atoms with van der Waals surface area (Å²) in [6.07, 6.45) is 3.10. The van der Waals surface area contributed by atoms with Gasteiger partial charge < -0.3 is 29.9 Å². The number of amides is 3. The van der Waals surface area contributed by atoms with Crippen LogP contribution in [0.4, 0.5) is 11.4 Å². The van der Waals surface area contributed by atoms with Gasteiger partial charge in [-0.3, -0.25) is 14.4 Å². The van der Waals surface area contributed by atoms with E-state index in [0.29, 0.717) is 57.1 Å². The summed E-state index contributed by atoms with van der Waals surface area (Å²) < 4.78 is 10.8. The van der Waals surface area contributed by atoms with Gasteiger partial charge in [-0.1, -0.05) is 30.3 Å². The van der Waals surface area contributed by atoms with Gasteiger partial charge in [-0.2, -0.15) is 0 Å². The molecule has 1 saturated heterocycles. The summed E-state index contributed by atoms with van der Waals surface area (Å²) >= 11 is 0. The van der Waals surface area contributed by atoms with Gasteiger partial charge in [0.15, 0.2) is 6.61 Å². The van der Waals surface area contributed by atoms with Crippen LogP contribution in [-0.2, 0) is 25.7 Å². The number of fused-ring (bicyclic) bond motifs is 1. The number of anilines is 2. The van der Waals surface area contributed by atoms with Crippen molar-refractivity contribution in [2.45, 2.75) is 38.3 Å². The van der Waals surface area contributed by atoms with Crippen molar-refractivity contribution in [1.29, 1.82) is 0 Å². The second-order valence-corrected chi connectivity index (χ2v) is 10.3. The summed E-state index contributed by atoms with van der Waals surface area (Å²) in [6, 6.07) is 15.6. The Morgan fingerprint density at radius 1 is 1.13 bits per heavy atom. The van der Waals surface area contributed by atoms with Gasteiger partial charge in [0.25, 0.3) is 5.91 Å². The Kier molecular flexibility index (Phi) is 8.24. The van der Waals surface area contributed by atoms with E-state index >= 15 is 0 Å². The van der Waals surface area contributed by atoms with Crippen LogP contribution in [0.2, 0.25) is 0 Å². The largest absolute Gasteiger partial charge is 0.482 e. The normalized spacial score (nSPS) is 20.9. The average Bonchev–Trinajstić information content (AvgIpc) is 3.79. The van der Waals surface area contributed by atoms with Crippen molar-refractivity contribution in [3.05, 3.63) is 54.1 Å². The average molecular weight is 521 g/mol. The number of ether oxygens (including phenoxy) is 2. The summed E-state index contributed by atoms with van der Waals surface area (Å²) in [5.74, 6) is -0.0429. The zero-order valence-electron chi connectivity index (χ0n) is 21.9. The highest BCUT2D eigenvalue weighted by Gasteiger charge is 2.40. The number of nitrogens with zero attached hydrogens (tertiary/aromatic N) is 2. The van der Waals surface area contributed by atoms with Crippen molar-refractivity contribution in [2.75, 3.05) is 49.8 Å². The summed E-state index contributed by atoms with van der Waals surface area (Å²) in [4.78, 5) is 43.0. The molecule has 1 aliphatic carbocycles. The highest BCUT2D eigenvalue weighted by atomic mass is 16.5. The lowest BCUT2D eigenvalue weighted by molar-refractivity contribution is -0.128. The Labute approximate surface area is 223 Å². The molecule has 2 aliphatic heterocycles. The number of hydrogen-bond donors (Lipinski definition) is 2. The molecule has 1 saturated carbocycles. The molecule has 0 bridgehead atoms. The van der Waals surface area contributed by atoms with Gasteiger partial charge in [-0.25, -0.2) is 0 Å². The van der Waals surface area contributed by atoms with Crippen LogP contribution >= 0.6 is 0 Å². The Morgan fingerprint density at radius 3 is 2.68 bits per heavy atom. The first kappa shape index (κ1) is 26.2. The first-order chi connectivity index (χ1) is 18.5. The molecule has 0 radical (unpaired) electrons. The molecular formula is C29H36N4O5. The lowest BCUT2D eigenvalue weighted by Crippen LogP contribution is -2.50. The molecule has 2 N–H and O–H groups in total.